The molecule has 5 aliphatic rings. The van der Waals surface area contributed by atoms with Crippen LogP contribution in [0.3, 0.4) is 0 Å². The van der Waals surface area contributed by atoms with E-state index < -0.39 is 35.9 Å². The van der Waals surface area contributed by atoms with E-state index in [0.29, 0.717) is 12.3 Å². The van der Waals surface area contributed by atoms with Crippen LogP contribution in [0, 0.1) is 23.2 Å². The van der Waals surface area contributed by atoms with Gasteiger partial charge in [-0.25, -0.2) is 9.78 Å². The summed E-state index contributed by atoms with van der Waals surface area (Å²) in [6.07, 6.45) is 1.56. The van der Waals surface area contributed by atoms with Gasteiger partial charge < -0.3 is 19.3 Å². The zero-order chi connectivity index (χ0) is 20.3. The minimum Gasteiger partial charge on any atom is -0.481 e. The van der Waals surface area contributed by atoms with Crippen molar-refractivity contribution in [3.05, 3.63) is 0 Å². The van der Waals surface area contributed by atoms with Crippen molar-refractivity contribution in [1.82, 2.24) is 0 Å². The highest BCUT2D eigenvalue weighted by molar-refractivity contribution is 5.76. The van der Waals surface area contributed by atoms with Crippen LogP contribution >= 0.6 is 0 Å². The fraction of sp³-hybridized carbons (Fsp3) is 0.900. The molecule has 0 aromatic rings. The van der Waals surface area contributed by atoms with Crippen LogP contribution in [-0.4, -0.2) is 41.0 Å². The molecule has 0 radical (unpaired) electrons. The maximum Gasteiger partial charge on any atom is 0.308 e. The number of esters is 1. The van der Waals surface area contributed by atoms with Gasteiger partial charge in [-0.15, -0.1) is 0 Å². The minimum atomic E-state index is -1.03. The molecule has 1 saturated carbocycles. The van der Waals surface area contributed by atoms with Crippen LogP contribution < -0.4 is 0 Å². The van der Waals surface area contributed by atoms with Crippen molar-refractivity contribution in [1.29, 1.82) is 0 Å². The van der Waals surface area contributed by atoms with Gasteiger partial charge in [0.15, 0.2) is 11.9 Å². The number of hydrogen-bond acceptors (Lipinski definition) is 7. The van der Waals surface area contributed by atoms with Crippen LogP contribution in [0.4, 0.5) is 0 Å². The van der Waals surface area contributed by atoms with Gasteiger partial charge in [-0.2, -0.15) is 0 Å². The van der Waals surface area contributed by atoms with Crippen molar-refractivity contribution < 1.29 is 38.7 Å². The fourth-order valence-electron chi connectivity index (χ4n) is 5.70. The highest BCUT2D eigenvalue weighted by Gasteiger charge is 2.74. The van der Waals surface area contributed by atoms with E-state index in [0.717, 1.165) is 19.3 Å². The molecule has 8 atom stereocenters. The molecule has 8 heteroatoms. The van der Waals surface area contributed by atoms with E-state index in [9.17, 15) is 9.59 Å². The van der Waals surface area contributed by atoms with Gasteiger partial charge in [0.2, 0.25) is 12.1 Å². The minimum absolute atomic E-state index is 0.165. The van der Waals surface area contributed by atoms with Crippen molar-refractivity contribution in [2.24, 2.45) is 23.2 Å². The molecule has 4 saturated heterocycles. The lowest BCUT2D eigenvalue weighted by Crippen LogP contribution is -2.74. The molecule has 28 heavy (non-hydrogen) atoms. The molecule has 4 heterocycles. The predicted molar refractivity (Wildman–Crippen MR) is 94.4 cm³/mol. The quantitative estimate of drug-likeness (QED) is 0.570. The first-order valence-electron chi connectivity index (χ1n) is 10.2. The van der Waals surface area contributed by atoms with E-state index >= 15 is 0 Å². The first-order valence-corrected chi connectivity index (χ1v) is 10.2. The number of carbonyl (C=O) groups is 2. The van der Waals surface area contributed by atoms with E-state index in [1.54, 1.807) is 0 Å². The second-order valence-electron chi connectivity index (χ2n) is 9.30. The molecule has 4 aliphatic heterocycles. The van der Waals surface area contributed by atoms with Crippen molar-refractivity contribution in [3.8, 4) is 0 Å². The van der Waals surface area contributed by atoms with E-state index in [-0.39, 0.29) is 30.1 Å². The van der Waals surface area contributed by atoms with Crippen LogP contribution in [0.25, 0.3) is 0 Å². The molecule has 158 valence electrons. The predicted octanol–water partition coefficient (Wildman–Crippen LogP) is 2.99. The highest BCUT2D eigenvalue weighted by Crippen LogP contribution is 2.66. The summed E-state index contributed by atoms with van der Waals surface area (Å²) >= 11 is 0. The largest absolute Gasteiger partial charge is 0.481 e. The van der Waals surface area contributed by atoms with Crippen LogP contribution in [0.1, 0.15) is 66.2 Å². The summed E-state index contributed by atoms with van der Waals surface area (Å²) in [7, 11) is 0. The Balaban J connectivity index is 1.64. The van der Waals surface area contributed by atoms with E-state index in [1.807, 2.05) is 13.8 Å². The number of carbonyl (C=O) groups excluding carboxylic acids is 1. The lowest BCUT2D eigenvalue weighted by atomic mass is 9.50. The Hall–Kier alpha value is -1.22. The Bertz CT molecular complexity index is 667. The zero-order valence-corrected chi connectivity index (χ0v) is 16.9. The van der Waals surface area contributed by atoms with Crippen LogP contribution in [0.5, 0.6) is 0 Å². The van der Waals surface area contributed by atoms with E-state index in [1.165, 1.54) is 0 Å². The molecule has 0 amide bonds. The molecule has 1 unspecified atom stereocenters. The smallest absolute Gasteiger partial charge is 0.308 e. The third-order valence-electron chi connectivity index (χ3n) is 7.68. The van der Waals surface area contributed by atoms with Gasteiger partial charge in [0, 0.05) is 17.8 Å². The second-order valence-corrected chi connectivity index (χ2v) is 9.30. The standard InChI is InChI=1S/C20H30O8/c1-11-7-9-18(3)12(2)16(24-15(23)6-5-14(21)22)25-17-20(18)13(11)8-10-19(4,26-17)27-28-20/h11-13,16-17H,5-10H2,1-4H3,(H,21,22)/t11-,12+,13+,16?,17-,18+,19+,20+/m1/s1. The summed E-state index contributed by atoms with van der Waals surface area (Å²) in [5.41, 5.74) is -1.14. The van der Waals surface area contributed by atoms with Gasteiger partial charge in [0.05, 0.1) is 12.8 Å². The van der Waals surface area contributed by atoms with Crippen LogP contribution in [-0.2, 0) is 33.6 Å². The first kappa shape index (κ1) is 20.1. The molecular weight excluding hydrogens is 368 g/mol. The maximum absolute atomic E-state index is 12.2. The van der Waals surface area contributed by atoms with Gasteiger partial charge in [0.25, 0.3) is 0 Å². The summed E-state index contributed by atoms with van der Waals surface area (Å²) in [6, 6.07) is 0. The number of rotatable bonds is 4. The average molecular weight is 398 g/mol. The molecule has 8 nitrogen and oxygen atoms in total. The molecule has 1 spiro atoms. The SMILES string of the molecule is C[C@@H]1CC[C@@]2(C)[C@@H](C)C(OC(=O)CCC(=O)O)O[C@@H]3O[C@]4(C)CC[C@@H]1[C@]32OO4. The Morgan fingerprint density at radius 2 is 1.86 bits per heavy atom. The molecule has 5 fully saturated rings. The molecule has 2 bridgehead atoms. The molecule has 1 N–H and O–H groups in total. The van der Waals surface area contributed by atoms with Crippen LogP contribution in [0.15, 0.2) is 0 Å². The van der Waals surface area contributed by atoms with E-state index in [4.69, 9.17) is 29.1 Å². The molecular formula is C20H30O8. The first-order chi connectivity index (χ1) is 13.1. The lowest BCUT2D eigenvalue weighted by molar-refractivity contribution is -0.586. The zero-order valence-electron chi connectivity index (χ0n) is 16.9. The average Bonchev–Trinajstić information content (AvgIpc) is 2.87. The van der Waals surface area contributed by atoms with Gasteiger partial charge in [-0.3, -0.25) is 9.59 Å². The summed E-state index contributed by atoms with van der Waals surface area (Å²) in [5, 5.41) is 8.80. The topological polar surface area (TPSA) is 101 Å². The third-order valence-corrected chi connectivity index (χ3v) is 7.68. The van der Waals surface area contributed by atoms with Gasteiger partial charge in [-0.05, 0) is 38.0 Å². The highest BCUT2D eigenvalue weighted by atomic mass is 17.3. The van der Waals surface area contributed by atoms with Crippen molar-refractivity contribution in [3.63, 3.8) is 0 Å². The Kier molecular flexibility index (Phi) is 4.77. The summed E-state index contributed by atoms with van der Waals surface area (Å²) < 4.78 is 18.0. The molecule has 0 aromatic carbocycles. The number of aliphatic carboxylic acids is 1. The number of ether oxygens (including phenoxy) is 3. The van der Waals surface area contributed by atoms with Crippen molar-refractivity contribution in [2.75, 3.05) is 0 Å². The van der Waals surface area contributed by atoms with Crippen molar-refractivity contribution >= 4 is 11.9 Å². The van der Waals surface area contributed by atoms with Gasteiger partial charge in [-0.1, -0.05) is 20.8 Å². The normalized spacial score (nSPS) is 49.8. The number of carboxylic acid groups (broad SMARTS) is 1. The Morgan fingerprint density at radius 1 is 1.11 bits per heavy atom. The van der Waals surface area contributed by atoms with E-state index in [2.05, 4.69) is 13.8 Å². The number of fused-ring (bicyclic) bond motifs is 2. The third kappa shape index (κ3) is 2.80. The lowest BCUT2D eigenvalue weighted by Gasteiger charge is -2.65. The maximum atomic E-state index is 12.2. The summed E-state index contributed by atoms with van der Waals surface area (Å²) in [6.45, 7) is 8.22. The second kappa shape index (κ2) is 6.65. The molecule has 0 aromatic heterocycles. The van der Waals surface area contributed by atoms with Gasteiger partial charge in [0.1, 0.15) is 0 Å². The Labute approximate surface area is 164 Å². The summed E-state index contributed by atoms with van der Waals surface area (Å²) in [5.74, 6) is -2.02. The fourth-order valence-corrected chi connectivity index (χ4v) is 5.70. The van der Waals surface area contributed by atoms with Crippen molar-refractivity contribution in [2.45, 2.75) is 90.2 Å². The monoisotopic (exact) mass is 398 g/mol. The number of carboxylic acids is 1. The van der Waals surface area contributed by atoms with Crippen LogP contribution in [0.2, 0.25) is 0 Å². The Morgan fingerprint density at radius 3 is 2.57 bits per heavy atom. The van der Waals surface area contributed by atoms with Gasteiger partial charge >= 0.3 is 11.9 Å². The summed E-state index contributed by atoms with van der Waals surface area (Å²) in [4.78, 5) is 34.8. The number of hydrogen-bond donors (Lipinski definition) is 1. The molecule has 1 aliphatic carbocycles. The molecule has 5 rings (SSSR count).